The summed E-state index contributed by atoms with van der Waals surface area (Å²) in [5.74, 6) is 0. The quantitative estimate of drug-likeness (QED) is 0.636. The summed E-state index contributed by atoms with van der Waals surface area (Å²) in [6, 6.07) is 4.56. The van der Waals surface area contributed by atoms with Crippen LogP contribution in [0.4, 0.5) is 0 Å². The molecule has 5 heteroatoms. The first-order valence-electron chi connectivity index (χ1n) is 4.74. The minimum atomic E-state index is -4.39. The van der Waals surface area contributed by atoms with Crippen LogP contribution in [-0.2, 0) is 15.5 Å². The Balaban J connectivity index is 3.71. The molecule has 88 valence electrons. The molecule has 16 heavy (non-hydrogen) atoms. The normalized spacial score (nSPS) is 12.5. The van der Waals surface area contributed by atoms with Crippen molar-refractivity contribution < 1.29 is 17.8 Å². The molecule has 1 N–H and O–H groups in total. The predicted molar refractivity (Wildman–Crippen MR) is 60.3 cm³/mol. The van der Waals surface area contributed by atoms with Crippen molar-refractivity contribution >= 4 is 16.4 Å². The lowest BCUT2D eigenvalue weighted by Crippen LogP contribution is -2.18. The lowest BCUT2D eigenvalue weighted by atomic mass is 9.86. The molecular formula is C11H14O4S. The van der Waals surface area contributed by atoms with Crippen LogP contribution in [0.3, 0.4) is 0 Å². The summed E-state index contributed by atoms with van der Waals surface area (Å²) in [5.41, 5.74) is -0.0565. The molecule has 0 bridgehead atoms. The molecule has 0 radical (unpaired) electrons. The van der Waals surface area contributed by atoms with Crippen LogP contribution in [0.2, 0.25) is 0 Å². The van der Waals surface area contributed by atoms with Crippen LogP contribution in [0.1, 0.15) is 36.7 Å². The highest BCUT2D eigenvalue weighted by atomic mass is 32.2. The van der Waals surface area contributed by atoms with E-state index in [4.69, 9.17) is 4.55 Å². The van der Waals surface area contributed by atoms with Gasteiger partial charge in [-0.05, 0) is 11.0 Å². The fourth-order valence-corrected chi connectivity index (χ4v) is 2.59. The van der Waals surface area contributed by atoms with Crippen molar-refractivity contribution in [1.29, 1.82) is 0 Å². The summed E-state index contributed by atoms with van der Waals surface area (Å²) >= 11 is 0. The van der Waals surface area contributed by atoms with Gasteiger partial charge in [-0.15, -0.1) is 0 Å². The second-order valence-corrected chi connectivity index (χ2v) is 5.93. The van der Waals surface area contributed by atoms with Crippen LogP contribution in [-0.4, -0.2) is 19.3 Å². The van der Waals surface area contributed by atoms with Gasteiger partial charge in [-0.3, -0.25) is 9.35 Å². The molecule has 1 aromatic carbocycles. The van der Waals surface area contributed by atoms with Gasteiger partial charge in [0.1, 0.15) is 4.90 Å². The van der Waals surface area contributed by atoms with Gasteiger partial charge in [-0.25, -0.2) is 0 Å². The molecule has 0 aliphatic heterocycles. The molecule has 1 aromatic rings. The predicted octanol–water partition coefficient (Wildman–Crippen LogP) is 2.04. The molecule has 0 aromatic heterocycles. The Labute approximate surface area is 95.0 Å². The van der Waals surface area contributed by atoms with Gasteiger partial charge in [0.15, 0.2) is 6.29 Å². The SMILES string of the molecule is CC(C)(C)c1cccc(C=O)c1S(=O)(=O)O. The van der Waals surface area contributed by atoms with Crippen molar-refractivity contribution in [3.05, 3.63) is 29.3 Å². The molecule has 4 nitrogen and oxygen atoms in total. The van der Waals surface area contributed by atoms with Gasteiger partial charge in [0, 0.05) is 5.56 Å². The largest absolute Gasteiger partial charge is 0.298 e. The lowest BCUT2D eigenvalue weighted by molar-refractivity contribution is 0.112. The molecule has 0 aliphatic carbocycles. The molecular weight excluding hydrogens is 228 g/mol. The van der Waals surface area contributed by atoms with Gasteiger partial charge in [0.05, 0.1) is 0 Å². The molecule has 0 saturated carbocycles. The first kappa shape index (κ1) is 12.9. The monoisotopic (exact) mass is 242 g/mol. The summed E-state index contributed by atoms with van der Waals surface area (Å²) in [5, 5.41) is 0. The van der Waals surface area contributed by atoms with E-state index in [0.717, 1.165) is 0 Å². The van der Waals surface area contributed by atoms with E-state index < -0.39 is 15.5 Å². The fraction of sp³-hybridized carbons (Fsp3) is 0.364. The van der Waals surface area contributed by atoms with Crippen LogP contribution in [0.15, 0.2) is 23.1 Å². The summed E-state index contributed by atoms with van der Waals surface area (Å²) in [6.07, 6.45) is 0.429. The first-order valence-corrected chi connectivity index (χ1v) is 6.18. The molecule has 0 unspecified atom stereocenters. The van der Waals surface area contributed by atoms with Gasteiger partial charge in [0.25, 0.3) is 10.1 Å². The number of benzene rings is 1. The van der Waals surface area contributed by atoms with Crippen molar-refractivity contribution in [2.24, 2.45) is 0 Å². The highest BCUT2D eigenvalue weighted by molar-refractivity contribution is 7.86. The van der Waals surface area contributed by atoms with Gasteiger partial charge in [0.2, 0.25) is 0 Å². The maximum Gasteiger partial charge on any atom is 0.295 e. The number of hydrogen-bond acceptors (Lipinski definition) is 3. The number of carbonyl (C=O) groups is 1. The average Bonchev–Trinajstić information content (AvgIpc) is 2.13. The maximum atomic E-state index is 11.3. The summed E-state index contributed by atoms with van der Waals surface area (Å²) in [6.45, 7) is 5.43. The Hall–Kier alpha value is -1.20. The van der Waals surface area contributed by atoms with Gasteiger partial charge >= 0.3 is 0 Å². The Bertz CT molecular complexity index is 509. The smallest absolute Gasteiger partial charge is 0.295 e. The summed E-state index contributed by atoms with van der Waals surface area (Å²) in [4.78, 5) is 10.5. The van der Waals surface area contributed by atoms with Gasteiger partial charge in [-0.2, -0.15) is 8.42 Å². The van der Waals surface area contributed by atoms with Crippen molar-refractivity contribution in [3.63, 3.8) is 0 Å². The molecule has 0 atom stereocenters. The van der Waals surface area contributed by atoms with E-state index in [1.54, 1.807) is 12.1 Å². The third-order valence-corrected chi connectivity index (χ3v) is 3.21. The second kappa shape index (κ2) is 3.99. The van der Waals surface area contributed by atoms with Crippen molar-refractivity contribution in [2.45, 2.75) is 31.1 Å². The minimum absolute atomic E-state index is 0.0186. The van der Waals surface area contributed by atoms with Gasteiger partial charge < -0.3 is 0 Å². The zero-order valence-electron chi connectivity index (χ0n) is 9.39. The topological polar surface area (TPSA) is 71.4 Å². The molecule has 1 rings (SSSR count). The van der Waals surface area contributed by atoms with Crippen LogP contribution in [0, 0.1) is 0 Å². The standard InChI is InChI=1S/C11H14O4S/c1-11(2,3)9-6-4-5-8(7-12)10(9)16(13,14)15/h4-7H,1-3H3,(H,13,14,15). The van der Waals surface area contributed by atoms with E-state index in [2.05, 4.69) is 0 Å². The molecule has 0 amide bonds. The van der Waals surface area contributed by atoms with E-state index in [0.29, 0.717) is 11.8 Å². The molecule has 0 aliphatic rings. The van der Waals surface area contributed by atoms with Crippen molar-refractivity contribution in [1.82, 2.24) is 0 Å². The molecule has 0 fully saturated rings. The van der Waals surface area contributed by atoms with Crippen LogP contribution in [0.5, 0.6) is 0 Å². The van der Waals surface area contributed by atoms with Crippen molar-refractivity contribution in [2.75, 3.05) is 0 Å². The Morgan fingerprint density at radius 2 is 1.81 bits per heavy atom. The number of aldehydes is 1. The van der Waals surface area contributed by atoms with E-state index in [-0.39, 0.29) is 10.5 Å². The van der Waals surface area contributed by atoms with E-state index >= 15 is 0 Å². The zero-order chi connectivity index (χ0) is 12.6. The molecule has 0 saturated heterocycles. The van der Waals surface area contributed by atoms with E-state index in [1.807, 2.05) is 20.8 Å². The van der Waals surface area contributed by atoms with Crippen LogP contribution in [0.25, 0.3) is 0 Å². The molecule has 0 spiro atoms. The Morgan fingerprint density at radius 1 is 1.25 bits per heavy atom. The first-order chi connectivity index (χ1) is 7.18. The number of rotatable bonds is 2. The van der Waals surface area contributed by atoms with Gasteiger partial charge in [-0.1, -0.05) is 39.0 Å². The third kappa shape index (κ3) is 2.48. The summed E-state index contributed by atoms with van der Waals surface area (Å²) < 4.78 is 31.7. The number of carbonyl (C=O) groups excluding carboxylic acids is 1. The summed E-state index contributed by atoms with van der Waals surface area (Å²) in [7, 11) is -4.39. The Morgan fingerprint density at radius 3 is 2.19 bits per heavy atom. The second-order valence-electron chi connectivity index (χ2n) is 4.57. The highest BCUT2D eigenvalue weighted by Crippen LogP contribution is 2.30. The lowest BCUT2D eigenvalue weighted by Gasteiger charge is -2.22. The fourth-order valence-electron chi connectivity index (χ4n) is 1.53. The van der Waals surface area contributed by atoms with E-state index in [1.165, 1.54) is 6.07 Å². The molecule has 0 heterocycles. The third-order valence-electron chi connectivity index (χ3n) is 2.24. The van der Waals surface area contributed by atoms with Crippen LogP contribution >= 0.6 is 0 Å². The highest BCUT2D eigenvalue weighted by Gasteiger charge is 2.26. The average molecular weight is 242 g/mol. The zero-order valence-corrected chi connectivity index (χ0v) is 10.2. The minimum Gasteiger partial charge on any atom is -0.298 e. The van der Waals surface area contributed by atoms with E-state index in [9.17, 15) is 13.2 Å². The number of hydrogen-bond donors (Lipinski definition) is 1. The maximum absolute atomic E-state index is 11.3. The Kier molecular flexibility index (Phi) is 3.21. The van der Waals surface area contributed by atoms with Crippen molar-refractivity contribution in [3.8, 4) is 0 Å². The van der Waals surface area contributed by atoms with Crippen LogP contribution < -0.4 is 0 Å².